The molecule has 5 nitrogen and oxygen atoms in total. The number of carboxylic acids is 1. The van der Waals surface area contributed by atoms with Crippen molar-refractivity contribution in [3.63, 3.8) is 0 Å². The molecule has 80 valence electrons. The molecule has 0 amide bonds. The van der Waals surface area contributed by atoms with Crippen molar-refractivity contribution in [1.29, 1.82) is 0 Å². The Morgan fingerprint density at radius 1 is 1.27 bits per heavy atom. The van der Waals surface area contributed by atoms with Crippen molar-refractivity contribution in [2.24, 2.45) is 5.73 Å². The van der Waals surface area contributed by atoms with Crippen LogP contribution in [0.5, 0.6) is 0 Å². The van der Waals surface area contributed by atoms with Crippen LogP contribution in [0.15, 0.2) is 24.3 Å². The Kier molecular flexibility index (Phi) is 3.41. The number of hydrogen-bond donors (Lipinski definition) is 3. The van der Waals surface area contributed by atoms with Gasteiger partial charge in [-0.2, -0.15) is 0 Å². The van der Waals surface area contributed by atoms with Gasteiger partial charge in [0.2, 0.25) is 0 Å². The number of carbonyl (C=O) groups is 2. The van der Waals surface area contributed by atoms with Crippen LogP contribution in [-0.2, 0) is 9.59 Å². The van der Waals surface area contributed by atoms with Crippen molar-refractivity contribution >= 4 is 17.4 Å². The van der Waals surface area contributed by atoms with E-state index in [0.717, 1.165) is 0 Å². The van der Waals surface area contributed by atoms with Crippen LogP contribution in [0.2, 0.25) is 0 Å². The molecule has 1 aromatic rings. The van der Waals surface area contributed by atoms with E-state index >= 15 is 0 Å². The molecular weight excluding hydrogens is 196 g/mol. The molecule has 15 heavy (non-hydrogen) atoms. The number of nitrogens with two attached hydrogens (primary N) is 2. The van der Waals surface area contributed by atoms with Crippen molar-refractivity contribution in [2.75, 3.05) is 12.3 Å². The summed E-state index contributed by atoms with van der Waals surface area (Å²) >= 11 is 0. The maximum Gasteiger partial charge on any atom is 0.318 e. The third-order valence-electron chi connectivity index (χ3n) is 2.04. The number of aliphatic carboxylic acids is 1. The van der Waals surface area contributed by atoms with Crippen LogP contribution in [-0.4, -0.2) is 23.4 Å². The Bertz CT molecular complexity index is 373. The molecule has 0 bridgehead atoms. The Morgan fingerprint density at radius 3 is 2.20 bits per heavy atom. The van der Waals surface area contributed by atoms with Gasteiger partial charge in [0.25, 0.3) is 0 Å². The lowest BCUT2D eigenvalue weighted by Gasteiger charge is -2.10. The number of carbonyl (C=O) groups excluding carboxylic acids is 1. The average Bonchev–Trinajstić information content (AvgIpc) is 2.20. The molecule has 1 aromatic carbocycles. The molecule has 1 atom stereocenters. The van der Waals surface area contributed by atoms with E-state index in [1.165, 1.54) is 12.1 Å². The van der Waals surface area contributed by atoms with E-state index in [9.17, 15) is 9.59 Å². The van der Waals surface area contributed by atoms with Gasteiger partial charge in [0.1, 0.15) is 5.92 Å². The molecule has 0 aliphatic heterocycles. The quantitative estimate of drug-likeness (QED) is 0.475. The van der Waals surface area contributed by atoms with Gasteiger partial charge in [-0.3, -0.25) is 9.59 Å². The zero-order chi connectivity index (χ0) is 11.4. The molecule has 0 fully saturated rings. The third-order valence-corrected chi connectivity index (χ3v) is 2.04. The van der Waals surface area contributed by atoms with Gasteiger partial charge in [-0.1, -0.05) is 12.1 Å². The predicted octanol–water partition coefficient (Wildman–Crippen LogP) is -0.0352. The van der Waals surface area contributed by atoms with Crippen LogP contribution in [0.3, 0.4) is 0 Å². The van der Waals surface area contributed by atoms with E-state index in [-0.39, 0.29) is 6.54 Å². The van der Waals surface area contributed by atoms with E-state index in [2.05, 4.69) is 0 Å². The predicted molar refractivity (Wildman–Crippen MR) is 55.3 cm³/mol. The van der Waals surface area contributed by atoms with Gasteiger partial charge in [0.05, 0.1) is 6.54 Å². The number of anilines is 1. The number of rotatable bonds is 4. The third kappa shape index (κ3) is 2.54. The number of ketones is 1. The minimum atomic E-state index is -1.20. The highest BCUT2D eigenvalue weighted by Crippen LogP contribution is 2.18. The fourth-order valence-electron chi connectivity index (χ4n) is 1.27. The smallest absolute Gasteiger partial charge is 0.318 e. The molecule has 0 aliphatic rings. The molecule has 0 aliphatic carbocycles. The molecule has 1 rings (SSSR count). The molecule has 0 heterocycles. The number of Topliss-reactive ketones (excluding diaryl/α,β-unsaturated/α-hetero) is 1. The van der Waals surface area contributed by atoms with E-state index in [0.29, 0.717) is 11.3 Å². The number of hydrogen-bond acceptors (Lipinski definition) is 4. The first kappa shape index (κ1) is 11.2. The first-order valence-electron chi connectivity index (χ1n) is 4.37. The van der Waals surface area contributed by atoms with Crippen LogP contribution in [0.25, 0.3) is 0 Å². The van der Waals surface area contributed by atoms with Crippen LogP contribution in [0.4, 0.5) is 5.69 Å². The summed E-state index contributed by atoms with van der Waals surface area (Å²) in [6.45, 7) is -0.290. The molecule has 0 saturated carbocycles. The van der Waals surface area contributed by atoms with Crippen LogP contribution >= 0.6 is 0 Å². The van der Waals surface area contributed by atoms with Gasteiger partial charge in [-0.25, -0.2) is 0 Å². The summed E-state index contributed by atoms with van der Waals surface area (Å²) in [6, 6.07) is 6.13. The number of benzene rings is 1. The van der Waals surface area contributed by atoms with Crippen LogP contribution in [0, 0.1) is 0 Å². The molecular formula is C10H12N2O3. The fourth-order valence-corrected chi connectivity index (χ4v) is 1.27. The van der Waals surface area contributed by atoms with Gasteiger partial charge in [0, 0.05) is 5.69 Å². The second-order valence-electron chi connectivity index (χ2n) is 3.11. The summed E-state index contributed by atoms with van der Waals surface area (Å²) in [5.74, 6) is -2.92. The van der Waals surface area contributed by atoms with Crippen molar-refractivity contribution in [1.82, 2.24) is 0 Å². The largest absolute Gasteiger partial charge is 0.480 e. The second-order valence-corrected chi connectivity index (χ2v) is 3.11. The lowest BCUT2D eigenvalue weighted by molar-refractivity contribution is -0.142. The molecule has 0 unspecified atom stereocenters. The zero-order valence-corrected chi connectivity index (χ0v) is 8.01. The zero-order valence-electron chi connectivity index (χ0n) is 8.01. The van der Waals surface area contributed by atoms with Gasteiger partial charge < -0.3 is 16.6 Å². The number of carboxylic acid groups (broad SMARTS) is 1. The molecule has 0 aromatic heterocycles. The highest BCUT2D eigenvalue weighted by Gasteiger charge is 2.26. The summed E-state index contributed by atoms with van der Waals surface area (Å²) in [7, 11) is 0. The first-order chi connectivity index (χ1) is 7.06. The van der Waals surface area contributed by atoms with Gasteiger partial charge in [-0.05, 0) is 17.7 Å². The Morgan fingerprint density at radius 2 is 1.80 bits per heavy atom. The SMILES string of the molecule is NCC(=O)[C@@H](C(=O)O)c1ccc(N)cc1. The monoisotopic (exact) mass is 208 g/mol. The fraction of sp³-hybridized carbons (Fsp3) is 0.200. The summed E-state index contributed by atoms with van der Waals surface area (Å²) in [5.41, 5.74) is 11.5. The van der Waals surface area contributed by atoms with E-state index in [1.54, 1.807) is 12.1 Å². The van der Waals surface area contributed by atoms with E-state index < -0.39 is 17.7 Å². The topological polar surface area (TPSA) is 106 Å². The normalized spacial score (nSPS) is 12.1. The maximum absolute atomic E-state index is 11.3. The van der Waals surface area contributed by atoms with Crippen molar-refractivity contribution in [3.05, 3.63) is 29.8 Å². The van der Waals surface area contributed by atoms with Gasteiger partial charge >= 0.3 is 5.97 Å². The molecule has 0 radical (unpaired) electrons. The van der Waals surface area contributed by atoms with Crippen molar-refractivity contribution in [2.45, 2.75) is 5.92 Å². The lowest BCUT2D eigenvalue weighted by atomic mass is 9.94. The van der Waals surface area contributed by atoms with Crippen molar-refractivity contribution < 1.29 is 14.7 Å². The minimum Gasteiger partial charge on any atom is -0.480 e. The average molecular weight is 208 g/mol. The van der Waals surface area contributed by atoms with Crippen molar-refractivity contribution in [3.8, 4) is 0 Å². The highest BCUT2D eigenvalue weighted by molar-refractivity contribution is 6.04. The Hall–Kier alpha value is -1.88. The summed E-state index contributed by atoms with van der Waals surface area (Å²) in [4.78, 5) is 22.2. The second kappa shape index (κ2) is 4.56. The van der Waals surface area contributed by atoms with Crippen LogP contribution < -0.4 is 11.5 Å². The molecule has 5 heteroatoms. The highest BCUT2D eigenvalue weighted by atomic mass is 16.4. The van der Waals surface area contributed by atoms with Crippen LogP contribution in [0.1, 0.15) is 11.5 Å². The lowest BCUT2D eigenvalue weighted by Crippen LogP contribution is -2.27. The van der Waals surface area contributed by atoms with Gasteiger partial charge in [-0.15, -0.1) is 0 Å². The molecule has 5 N–H and O–H groups in total. The summed E-state index contributed by atoms with van der Waals surface area (Å²) < 4.78 is 0. The Balaban J connectivity index is 3.04. The summed E-state index contributed by atoms with van der Waals surface area (Å²) in [6.07, 6.45) is 0. The van der Waals surface area contributed by atoms with Gasteiger partial charge in [0.15, 0.2) is 5.78 Å². The summed E-state index contributed by atoms with van der Waals surface area (Å²) in [5, 5.41) is 8.89. The molecule has 0 saturated heterocycles. The van der Waals surface area contributed by atoms with E-state index in [4.69, 9.17) is 16.6 Å². The first-order valence-corrected chi connectivity index (χ1v) is 4.37. The number of nitrogen functional groups attached to an aromatic ring is 1. The standard InChI is InChI=1S/C10H12N2O3/c11-5-8(13)9(10(14)15)6-1-3-7(12)4-2-6/h1-4,9H,5,11-12H2,(H,14,15)/t9-/m0/s1. The maximum atomic E-state index is 11.3. The molecule has 0 spiro atoms. The minimum absolute atomic E-state index is 0.290. The Labute approximate surface area is 86.7 Å². The van der Waals surface area contributed by atoms with E-state index in [1.807, 2.05) is 0 Å².